The molecule has 1 aromatic carbocycles. The highest BCUT2D eigenvalue weighted by atomic mass is 32.2. The van der Waals surface area contributed by atoms with Crippen LogP contribution in [-0.2, 0) is 29.6 Å². The molecule has 2 rings (SSSR count). The number of nitrogens with zero attached hydrogens (tertiary/aromatic N) is 1. The second-order valence-electron chi connectivity index (χ2n) is 4.85. The van der Waals surface area contributed by atoms with Crippen molar-refractivity contribution in [2.45, 2.75) is 31.4 Å². The van der Waals surface area contributed by atoms with Crippen LogP contribution in [0.25, 0.3) is 0 Å². The minimum atomic E-state index is -3.61. The lowest BCUT2D eigenvalue weighted by molar-refractivity contribution is 0.281. The standard InChI is InChI=1S/C15H19NO4S/c1-3-14-5-4-12(10-17)8-15(14)21(18,19)16(2)9-13-6-7-20-11-13/h4-8,11,17H,3,9-10H2,1-2H3. The van der Waals surface area contributed by atoms with Crippen LogP contribution < -0.4 is 0 Å². The van der Waals surface area contributed by atoms with Crippen molar-refractivity contribution in [3.05, 3.63) is 53.5 Å². The van der Waals surface area contributed by atoms with Crippen molar-refractivity contribution in [2.75, 3.05) is 7.05 Å². The lowest BCUT2D eigenvalue weighted by Crippen LogP contribution is -2.27. The van der Waals surface area contributed by atoms with Crippen molar-refractivity contribution in [3.8, 4) is 0 Å². The van der Waals surface area contributed by atoms with Crippen LogP contribution in [0.3, 0.4) is 0 Å². The van der Waals surface area contributed by atoms with Crippen molar-refractivity contribution in [1.82, 2.24) is 4.31 Å². The first kappa shape index (κ1) is 15.8. The highest BCUT2D eigenvalue weighted by molar-refractivity contribution is 7.89. The van der Waals surface area contributed by atoms with Crippen LogP contribution in [-0.4, -0.2) is 24.9 Å². The summed E-state index contributed by atoms with van der Waals surface area (Å²) in [4.78, 5) is 0.252. The zero-order valence-electron chi connectivity index (χ0n) is 12.1. The summed E-state index contributed by atoms with van der Waals surface area (Å²) in [5.74, 6) is 0. The summed E-state index contributed by atoms with van der Waals surface area (Å²) in [6.45, 7) is 1.96. The fraction of sp³-hybridized carbons (Fsp3) is 0.333. The molecule has 1 N–H and O–H groups in total. The number of benzene rings is 1. The van der Waals surface area contributed by atoms with Crippen LogP contribution in [0.2, 0.25) is 0 Å². The Morgan fingerprint density at radius 2 is 2.00 bits per heavy atom. The number of furan rings is 1. The van der Waals surface area contributed by atoms with Crippen molar-refractivity contribution < 1.29 is 17.9 Å². The minimum Gasteiger partial charge on any atom is -0.472 e. The molecule has 0 aliphatic heterocycles. The predicted molar refractivity (Wildman–Crippen MR) is 79.1 cm³/mol. The first-order chi connectivity index (χ1) is 9.98. The summed E-state index contributed by atoms with van der Waals surface area (Å²) >= 11 is 0. The molecule has 0 unspecified atom stereocenters. The van der Waals surface area contributed by atoms with E-state index in [0.29, 0.717) is 12.0 Å². The normalized spacial score (nSPS) is 12.0. The highest BCUT2D eigenvalue weighted by Gasteiger charge is 2.24. The van der Waals surface area contributed by atoms with Crippen molar-refractivity contribution in [3.63, 3.8) is 0 Å². The Morgan fingerprint density at radius 1 is 1.24 bits per heavy atom. The molecule has 0 aliphatic carbocycles. The van der Waals surface area contributed by atoms with Gasteiger partial charge in [0.05, 0.1) is 24.0 Å². The van der Waals surface area contributed by atoms with E-state index in [1.54, 1.807) is 24.3 Å². The van der Waals surface area contributed by atoms with Gasteiger partial charge in [-0.3, -0.25) is 0 Å². The van der Waals surface area contributed by atoms with E-state index in [-0.39, 0.29) is 18.0 Å². The Hall–Kier alpha value is -1.63. The first-order valence-corrected chi connectivity index (χ1v) is 8.13. The molecule has 5 nitrogen and oxygen atoms in total. The Kier molecular flexibility index (Phi) is 4.82. The molecule has 1 heterocycles. The zero-order chi connectivity index (χ0) is 15.5. The molecular weight excluding hydrogens is 290 g/mol. The summed E-state index contributed by atoms with van der Waals surface area (Å²) in [6, 6.07) is 6.77. The monoisotopic (exact) mass is 309 g/mol. The van der Waals surface area contributed by atoms with E-state index in [9.17, 15) is 13.5 Å². The zero-order valence-corrected chi connectivity index (χ0v) is 12.9. The van der Waals surface area contributed by atoms with Gasteiger partial charge in [0.1, 0.15) is 0 Å². The number of aliphatic hydroxyl groups excluding tert-OH is 1. The maximum atomic E-state index is 12.7. The Bertz CT molecular complexity index is 692. The van der Waals surface area contributed by atoms with Gasteiger partial charge in [0.15, 0.2) is 0 Å². The van der Waals surface area contributed by atoms with E-state index >= 15 is 0 Å². The molecule has 0 spiro atoms. The van der Waals surface area contributed by atoms with Crippen molar-refractivity contribution in [1.29, 1.82) is 0 Å². The Morgan fingerprint density at radius 3 is 2.57 bits per heavy atom. The average Bonchev–Trinajstić information content (AvgIpc) is 2.99. The van der Waals surface area contributed by atoms with Gasteiger partial charge in [0, 0.05) is 19.2 Å². The van der Waals surface area contributed by atoms with Gasteiger partial charge in [-0.1, -0.05) is 19.1 Å². The van der Waals surface area contributed by atoms with Crippen LogP contribution >= 0.6 is 0 Å². The molecule has 0 saturated heterocycles. The molecule has 21 heavy (non-hydrogen) atoms. The molecule has 6 heteroatoms. The second-order valence-corrected chi connectivity index (χ2v) is 6.86. The van der Waals surface area contributed by atoms with E-state index in [0.717, 1.165) is 11.1 Å². The summed E-state index contributed by atoms with van der Waals surface area (Å²) in [7, 11) is -2.07. The Balaban J connectivity index is 2.38. The molecular formula is C15H19NO4S. The van der Waals surface area contributed by atoms with Crippen LogP contribution in [0, 0.1) is 0 Å². The van der Waals surface area contributed by atoms with Gasteiger partial charge in [-0.15, -0.1) is 0 Å². The van der Waals surface area contributed by atoms with Crippen LogP contribution in [0.1, 0.15) is 23.6 Å². The van der Waals surface area contributed by atoms with E-state index in [2.05, 4.69) is 0 Å². The topological polar surface area (TPSA) is 70.8 Å². The van der Waals surface area contributed by atoms with Gasteiger partial charge in [-0.2, -0.15) is 4.31 Å². The first-order valence-electron chi connectivity index (χ1n) is 6.69. The van der Waals surface area contributed by atoms with E-state index in [1.165, 1.54) is 23.9 Å². The molecule has 114 valence electrons. The van der Waals surface area contributed by atoms with Gasteiger partial charge in [-0.25, -0.2) is 8.42 Å². The SMILES string of the molecule is CCc1ccc(CO)cc1S(=O)(=O)N(C)Cc1ccoc1. The third-order valence-corrected chi connectivity index (χ3v) is 5.25. The lowest BCUT2D eigenvalue weighted by Gasteiger charge is -2.19. The molecule has 0 aliphatic rings. The third kappa shape index (κ3) is 3.34. The minimum absolute atomic E-state index is 0.183. The van der Waals surface area contributed by atoms with E-state index < -0.39 is 10.0 Å². The summed E-state index contributed by atoms with van der Waals surface area (Å²) < 4.78 is 31.7. The summed E-state index contributed by atoms with van der Waals surface area (Å²) in [6.07, 6.45) is 3.65. The number of rotatable bonds is 6. The van der Waals surface area contributed by atoms with E-state index in [4.69, 9.17) is 4.42 Å². The number of hydrogen-bond acceptors (Lipinski definition) is 4. The van der Waals surface area contributed by atoms with Gasteiger partial charge in [0.25, 0.3) is 0 Å². The fourth-order valence-electron chi connectivity index (χ4n) is 2.12. The van der Waals surface area contributed by atoms with Crippen LogP contribution in [0.4, 0.5) is 0 Å². The van der Waals surface area contributed by atoms with Crippen LogP contribution in [0.15, 0.2) is 46.1 Å². The number of hydrogen-bond donors (Lipinski definition) is 1. The van der Waals surface area contributed by atoms with Crippen molar-refractivity contribution >= 4 is 10.0 Å². The average molecular weight is 309 g/mol. The largest absolute Gasteiger partial charge is 0.472 e. The quantitative estimate of drug-likeness (QED) is 0.887. The lowest BCUT2D eigenvalue weighted by atomic mass is 10.1. The second kappa shape index (κ2) is 6.43. The Labute approximate surface area is 124 Å². The van der Waals surface area contributed by atoms with Gasteiger partial charge < -0.3 is 9.52 Å². The maximum absolute atomic E-state index is 12.7. The molecule has 0 fully saturated rings. The highest BCUT2D eigenvalue weighted by Crippen LogP contribution is 2.23. The molecule has 0 amide bonds. The molecule has 0 bridgehead atoms. The van der Waals surface area contributed by atoms with Crippen molar-refractivity contribution in [2.24, 2.45) is 0 Å². The number of aryl methyl sites for hydroxylation is 1. The molecule has 0 radical (unpaired) electrons. The van der Waals surface area contributed by atoms with E-state index in [1.807, 2.05) is 6.92 Å². The van der Waals surface area contributed by atoms with Gasteiger partial charge >= 0.3 is 0 Å². The predicted octanol–water partition coefficient (Wildman–Crippen LogP) is 2.16. The maximum Gasteiger partial charge on any atom is 0.243 e. The molecule has 1 aromatic heterocycles. The summed E-state index contributed by atoms with van der Waals surface area (Å²) in [5.41, 5.74) is 2.12. The fourth-order valence-corrected chi connectivity index (χ4v) is 3.62. The van der Waals surface area contributed by atoms with Gasteiger partial charge in [-0.05, 0) is 29.7 Å². The summed E-state index contributed by atoms with van der Waals surface area (Å²) in [5, 5.41) is 9.22. The van der Waals surface area contributed by atoms with Gasteiger partial charge in [0.2, 0.25) is 10.0 Å². The molecule has 0 atom stereocenters. The smallest absolute Gasteiger partial charge is 0.243 e. The molecule has 2 aromatic rings. The number of sulfonamides is 1. The van der Waals surface area contributed by atoms with Crippen LogP contribution in [0.5, 0.6) is 0 Å². The third-order valence-electron chi connectivity index (χ3n) is 3.37. The number of aliphatic hydroxyl groups is 1. The molecule has 0 saturated carbocycles.